The highest BCUT2D eigenvalue weighted by atomic mass is 16.3. The van der Waals surface area contributed by atoms with Crippen LogP contribution in [0.1, 0.15) is 290 Å². The fraction of sp³-hybridized carbons (Fsp3) is 0.875. The Kier molecular flexibility index (Phi) is 50.0. The van der Waals surface area contributed by atoms with Crippen molar-refractivity contribution < 1.29 is 20.1 Å². The van der Waals surface area contributed by atoms with Crippen molar-refractivity contribution in [3.8, 4) is 0 Å². The van der Waals surface area contributed by atoms with E-state index in [0.29, 0.717) is 6.42 Å². The highest BCUT2D eigenvalue weighted by Crippen LogP contribution is 2.17. The standard InChI is InChI=1S/C56H107NO4/c1-3-5-7-9-11-13-15-17-19-20-21-22-23-24-25-26-27-28-29-30-31-32-33-34-36-37-39-41-43-45-47-49-53(59)51-56(61)57-54(52-58)55(60)50-48-46-44-42-40-38-35-18-16-14-12-10-8-6-4-2/h21-22,24-25,48,50,53-55,58-60H,3-20,23,26-47,49,51-52H2,1-2H3,(H,57,61)/b22-21-,25-24-,50-48+. The number of hydrogen-bond acceptors (Lipinski definition) is 4. The van der Waals surface area contributed by atoms with Gasteiger partial charge in [-0.2, -0.15) is 0 Å². The van der Waals surface area contributed by atoms with Crippen LogP contribution in [0.15, 0.2) is 36.5 Å². The first-order valence-corrected chi connectivity index (χ1v) is 27.3. The van der Waals surface area contributed by atoms with E-state index in [9.17, 15) is 20.1 Å². The number of carbonyl (C=O) groups is 1. The van der Waals surface area contributed by atoms with Gasteiger partial charge in [-0.25, -0.2) is 0 Å². The van der Waals surface area contributed by atoms with Crippen LogP contribution < -0.4 is 5.32 Å². The second-order valence-electron chi connectivity index (χ2n) is 18.8. The van der Waals surface area contributed by atoms with Crippen LogP contribution in [-0.4, -0.2) is 46.1 Å². The Balaban J connectivity index is 3.54. The van der Waals surface area contributed by atoms with Crippen LogP contribution in [0.4, 0.5) is 0 Å². The van der Waals surface area contributed by atoms with E-state index in [1.54, 1.807) is 6.08 Å². The van der Waals surface area contributed by atoms with Crippen LogP contribution in [0, 0.1) is 0 Å². The molecule has 61 heavy (non-hydrogen) atoms. The Labute approximate surface area is 381 Å². The van der Waals surface area contributed by atoms with E-state index in [1.165, 1.54) is 231 Å². The summed E-state index contributed by atoms with van der Waals surface area (Å²) in [5.74, 6) is -0.313. The minimum atomic E-state index is -0.928. The van der Waals surface area contributed by atoms with Gasteiger partial charge >= 0.3 is 0 Å². The number of nitrogens with one attached hydrogen (secondary N) is 1. The predicted octanol–water partition coefficient (Wildman–Crippen LogP) is 16.7. The van der Waals surface area contributed by atoms with E-state index >= 15 is 0 Å². The molecular weight excluding hydrogens is 751 g/mol. The lowest BCUT2D eigenvalue weighted by atomic mass is 10.0. The zero-order valence-electron chi connectivity index (χ0n) is 41.1. The lowest BCUT2D eigenvalue weighted by Gasteiger charge is -2.21. The zero-order chi connectivity index (χ0) is 44.4. The van der Waals surface area contributed by atoms with Crippen molar-refractivity contribution in [1.82, 2.24) is 5.32 Å². The molecular formula is C56H107NO4. The molecule has 0 aliphatic carbocycles. The molecule has 0 aliphatic heterocycles. The number of carbonyl (C=O) groups excluding carboxylic acids is 1. The molecule has 0 fully saturated rings. The van der Waals surface area contributed by atoms with E-state index < -0.39 is 18.2 Å². The summed E-state index contributed by atoms with van der Waals surface area (Å²) in [6.07, 6.45) is 66.1. The molecule has 3 unspecified atom stereocenters. The van der Waals surface area contributed by atoms with E-state index in [0.717, 1.165) is 32.1 Å². The van der Waals surface area contributed by atoms with Crippen LogP contribution in [0.5, 0.6) is 0 Å². The number of rotatable bonds is 50. The third-order valence-electron chi connectivity index (χ3n) is 12.7. The zero-order valence-corrected chi connectivity index (χ0v) is 41.1. The fourth-order valence-corrected chi connectivity index (χ4v) is 8.49. The Bertz CT molecular complexity index is 947. The van der Waals surface area contributed by atoms with Crippen LogP contribution >= 0.6 is 0 Å². The minimum Gasteiger partial charge on any atom is -0.394 e. The molecule has 0 saturated heterocycles. The van der Waals surface area contributed by atoms with Gasteiger partial charge in [0, 0.05) is 0 Å². The van der Waals surface area contributed by atoms with Gasteiger partial charge in [0.05, 0.1) is 31.3 Å². The maximum Gasteiger partial charge on any atom is 0.222 e. The summed E-state index contributed by atoms with van der Waals surface area (Å²) < 4.78 is 0. The highest BCUT2D eigenvalue weighted by Gasteiger charge is 2.20. The van der Waals surface area contributed by atoms with Crippen LogP contribution in [0.2, 0.25) is 0 Å². The van der Waals surface area contributed by atoms with Gasteiger partial charge < -0.3 is 20.6 Å². The number of unbranched alkanes of at least 4 members (excludes halogenated alkanes) is 37. The molecule has 4 N–H and O–H groups in total. The summed E-state index contributed by atoms with van der Waals surface area (Å²) in [5, 5.41) is 33.4. The van der Waals surface area contributed by atoms with Gasteiger partial charge in [-0.15, -0.1) is 0 Å². The molecule has 360 valence electrons. The lowest BCUT2D eigenvalue weighted by Crippen LogP contribution is -2.45. The molecule has 5 nitrogen and oxygen atoms in total. The summed E-state index contributed by atoms with van der Waals surface area (Å²) in [5.41, 5.74) is 0. The van der Waals surface area contributed by atoms with Crippen LogP contribution in [0.25, 0.3) is 0 Å². The first kappa shape index (κ1) is 59.6. The van der Waals surface area contributed by atoms with Gasteiger partial charge in [0.25, 0.3) is 0 Å². The number of allylic oxidation sites excluding steroid dienone is 5. The second-order valence-corrected chi connectivity index (χ2v) is 18.8. The molecule has 0 rings (SSSR count). The van der Waals surface area contributed by atoms with Crippen LogP contribution in [-0.2, 0) is 4.79 Å². The third kappa shape index (κ3) is 47.9. The molecule has 0 heterocycles. The SMILES string of the molecule is CCCCCCCCCCC/C=C\C/C=C\CCCCCCCCCCCCCCCCCC(O)CC(=O)NC(CO)C(O)/C=C/CCCCCCCCCCCCCCC. The largest absolute Gasteiger partial charge is 0.394 e. The third-order valence-corrected chi connectivity index (χ3v) is 12.7. The summed E-state index contributed by atoms with van der Waals surface area (Å²) in [6, 6.07) is -0.743. The van der Waals surface area contributed by atoms with Gasteiger partial charge in [-0.05, 0) is 51.4 Å². The van der Waals surface area contributed by atoms with Gasteiger partial charge in [-0.3, -0.25) is 4.79 Å². The van der Waals surface area contributed by atoms with Crippen molar-refractivity contribution in [1.29, 1.82) is 0 Å². The fourth-order valence-electron chi connectivity index (χ4n) is 8.49. The molecule has 0 spiro atoms. The first-order chi connectivity index (χ1) is 30.0. The average molecular weight is 858 g/mol. The lowest BCUT2D eigenvalue weighted by molar-refractivity contribution is -0.124. The molecule has 1 amide bonds. The van der Waals surface area contributed by atoms with Crippen molar-refractivity contribution in [3.05, 3.63) is 36.5 Å². The number of aliphatic hydroxyl groups is 3. The van der Waals surface area contributed by atoms with Crippen molar-refractivity contribution >= 4 is 5.91 Å². The number of aliphatic hydroxyl groups excluding tert-OH is 3. The van der Waals surface area contributed by atoms with Crippen LogP contribution in [0.3, 0.4) is 0 Å². The Morgan fingerprint density at radius 3 is 1.08 bits per heavy atom. The quantitative estimate of drug-likeness (QED) is 0.0362. The highest BCUT2D eigenvalue weighted by molar-refractivity contribution is 5.76. The molecule has 0 saturated carbocycles. The first-order valence-electron chi connectivity index (χ1n) is 27.3. The maximum absolute atomic E-state index is 12.5. The molecule has 0 aromatic heterocycles. The minimum absolute atomic E-state index is 0.0151. The summed E-state index contributed by atoms with van der Waals surface area (Å²) in [4.78, 5) is 12.5. The number of hydrogen-bond donors (Lipinski definition) is 4. The summed E-state index contributed by atoms with van der Waals surface area (Å²) >= 11 is 0. The van der Waals surface area contributed by atoms with Crippen molar-refractivity contribution in [2.45, 2.75) is 308 Å². The predicted molar refractivity (Wildman–Crippen MR) is 268 cm³/mol. The molecule has 0 bridgehead atoms. The average Bonchev–Trinajstić information content (AvgIpc) is 3.25. The topological polar surface area (TPSA) is 89.8 Å². The molecule has 5 heteroatoms. The normalized spacial score (nSPS) is 13.6. The van der Waals surface area contributed by atoms with Gasteiger partial charge in [0.15, 0.2) is 0 Å². The van der Waals surface area contributed by atoms with E-state index in [2.05, 4.69) is 43.5 Å². The Hall–Kier alpha value is -1.43. The molecule has 0 aromatic carbocycles. The maximum atomic E-state index is 12.5. The smallest absolute Gasteiger partial charge is 0.222 e. The second kappa shape index (κ2) is 51.2. The van der Waals surface area contributed by atoms with Crippen molar-refractivity contribution in [2.75, 3.05) is 6.61 Å². The molecule has 0 aromatic rings. The number of amides is 1. The van der Waals surface area contributed by atoms with E-state index in [-0.39, 0.29) is 18.9 Å². The Morgan fingerprint density at radius 2 is 0.738 bits per heavy atom. The van der Waals surface area contributed by atoms with Crippen molar-refractivity contribution in [2.24, 2.45) is 0 Å². The molecule has 0 radical (unpaired) electrons. The Morgan fingerprint density at radius 1 is 0.426 bits per heavy atom. The van der Waals surface area contributed by atoms with Gasteiger partial charge in [0.2, 0.25) is 5.91 Å². The molecule has 0 aliphatic rings. The van der Waals surface area contributed by atoms with Gasteiger partial charge in [0.1, 0.15) is 0 Å². The van der Waals surface area contributed by atoms with Gasteiger partial charge in [-0.1, -0.05) is 269 Å². The molecule has 3 atom stereocenters. The summed E-state index contributed by atoms with van der Waals surface area (Å²) in [6.45, 7) is 4.23. The van der Waals surface area contributed by atoms with E-state index in [1.807, 2.05) is 6.08 Å². The van der Waals surface area contributed by atoms with E-state index in [4.69, 9.17) is 0 Å². The summed E-state index contributed by atoms with van der Waals surface area (Å²) in [7, 11) is 0. The van der Waals surface area contributed by atoms with Crippen molar-refractivity contribution in [3.63, 3.8) is 0 Å². The monoisotopic (exact) mass is 858 g/mol.